The molecule has 3 N–H and O–H groups in total. The molecular formula is C40H42ClN9O8. The fourth-order valence-electron chi connectivity index (χ4n) is 7.91. The van der Waals surface area contributed by atoms with E-state index in [0.29, 0.717) is 64.9 Å². The first kappa shape index (κ1) is 38.8. The smallest absolute Gasteiger partial charge is 0.293 e. The Balaban J connectivity index is 0.817. The zero-order valence-corrected chi connectivity index (χ0v) is 32.7. The Morgan fingerprint density at radius 3 is 2.55 bits per heavy atom. The second-order valence-electron chi connectivity index (χ2n) is 14.9. The van der Waals surface area contributed by atoms with Gasteiger partial charge in [0.1, 0.15) is 11.1 Å². The molecule has 0 saturated carbocycles. The summed E-state index contributed by atoms with van der Waals surface area (Å²) in [6, 6.07) is 11.2. The van der Waals surface area contributed by atoms with Crippen molar-refractivity contribution in [1.82, 2.24) is 30.1 Å². The summed E-state index contributed by atoms with van der Waals surface area (Å²) in [5, 5.41) is 9.06. The molecule has 0 radical (unpaired) electrons. The van der Waals surface area contributed by atoms with Crippen LogP contribution in [0.1, 0.15) is 52.8 Å². The molecule has 5 amide bonds. The van der Waals surface area contributed by atoms with Crippen LogP contribution < -0.4 is 36.0 Å². The largest absolute Gasteiger partial charge is 0.478 e. The van der Waals surface area contributed by atoms with E-state index in [9.17, 15) is 28.8 Å². The number of hydrogen-bond acceptors (Lipinski definition) is 13. The van der Waals surface area contributed by atoms with Crippen LogP contribution in [0.2, 0.25) is 5.02 Å². The van der Waals surface area contributed by atoms with Crippen molar-refractivity contribution >= 4 is 75.2 Å². The Kier molecular flexibility index (Phi) is 10.7. The van der Waals surface area contributed by atoms with Crippen molar-refractivity contribution < 1.29 is 33.4 Å². The molecule has 6 heterocycles. The quantitative estimate of drug-likeness (QED) is 0.177. The first-order valence-electron chi connectivity index (χ1n) is 19.2. The van der Waals surface area contributed by atoms with Crippen LogP contribution in [0, 0.1) is 5.92 Å². The van der Waals surface area contributed by atoms with E-state index in [-0.39, 0.29) is 48.3 Å². The normalized spacial score (nSPS) is 18.7. The number of amides is 5. The van der Waals surface area contributed by atoms with E-state index < -0.39 is 29.7 Å². The Morgan fingerprint density at radius 2 is 1.79 bits per heavy atom. The maximum atomic E-state index is 13.5. The molecule has 18 heteroatoms. The van der Waals surface area contributed by atoms with Crippen molar-refractivity contribution in [3.05, 3.63) is 75.2 Å². The molecule has 0 spiro atoms. The number of anilines is 4. The van der Waals surface area contributed by atoms with Crippen molar-refractivity contribution in [2.75, 3.05) is 61.6 Å². The van der Waals surface area contributed by atoms with Gasteiger partial charge in [0.2, 0.25) is 17.8 Å². The van der Waals surface area contributed by atoms with Crippen LogP contribution in [0.5, 0.6) is 5.75 Å². The Bertz CT molecular complexity index is 2390. The minimum Gasteiger partial charge on any atom is -0.478 e. The van der Waals surface area contributed by atoms with Gasteiger partial charge in [-0.15, -0.1) is 0 Å². The van der Waals surface area contributed by atoms with Crippen molar-refractivity contribution in [2.45, 2.75) is 44.2 Å². The van der Waals surface area contributed by atoms with Gasteiger partial charge in [0.15, 0.2) is 18.2 Å². The third kappa shape index (κ3) is 7.54. The van der Waals surface area contributed by atoms with E-state index in [1.165, 1.54) is 11.6 Å². The van der Waals surface area contributed by atoms with E-state index >= 15 is 0 Å². The van der Waals surface area contributed by atoms with Crippen molar-refractivity contribution in [1.29, 1.82) is 0 Å². The molecule has 0 aliphatic carbocycles. The number of ether oxygens (including phenoxy) is 2. The lowest BCUT2D eigenvalue weighted by molar-refractivity contribution is -0.136. The summed E-state index contributed by atoms with van der Waals surface area (Å²) in [4.78, 5) is 89.7. The number of piperidine rings is 2. The van der Waals surface area contributed by atoms with Gasteiger partial charge in [-0.3, -0.25) is 39.0 Å². The van der Waals surface area contributed by atoms with Gasteiger partial charge in [0.25, 0.3) is 23.3 Å². The summed E-state index contributed by atoms with van der Waals surface area (Å²) in [5.74, 6) is -0.875. The van der Waals surface area contributed by atoms with Gasteiger partial charge >= 0.3 is 0 Å². The van der Waals surface area contributed by atoms with E-state index in [1.807, 2.05) is 29.2 Å². The predicted octanol–water partition coefficient (Wildman–Crippen LogP) is 2.76. The Labute approximate surface area is 337 Å². The highest BCUT2D eigenvalue weighted by atomic mass is 35.5. The van der Waals surface area contributed by atoms with Gasteiger partial charge in [0.05, 0.1) is 34.6 Å². The van der Waals surface area contributed by atoms with Gasteiger partial charge in [-0.25, -0.2) is 4.98 Å². The zero-order valence-electron chi connectivity index (χ0n) is 32.0. The molecule has 1 unspecified atom stereocenters. The highest BCUT2D eigenvalue weighted by Gasteiger charge is 2.47. The van der Waals surface area contributed by atoms with Crippen molar-refractivity contribution in [3.63, 3.8) is 0 Å². The third-order valence-electron chi connectivity index (χ3n) is 11.2. The fourth-order valence-corrected chi connectivity index (χ4v) is 8.05. The summed E-state index contributed by atoms with van der Waals surface area (Å²) in [6.07, 6.45) is 4.53. The summed E-state index contributed by atoms with van der Waals surface area (Å²) in [7, 11) is 3.14. The number of aromatic nitrogens is 3. The molecule has 17 nitrogen and oxygen atoms in total. The number of carbonyl (C=O) groups excluding carboxylic acids is 5. The summed E-state index contributed by atoms with van der Waals surface area (Å²) in [5.41, 5.74) is 2.23. The molecule has 4 aromatic rings. The van der Waals surface area contributed by atoms with Crippen LogP contribution >= 0.6 is 11.6 Å². The number of pyridine rings is 1. The molecular weight excluding hydrogens is 770 g/mol. The standard InChI is InChI=1S/C40H42ClN9O8/c1-42-33(52)21-58-31-17-23-16-24(6-7-28(23)47(2)38(31)55)44-35-27(41)18-43-40(46-35)48-13-10-22(11-14-48)12-15-57-25-19-49(20-25)29-5-3-4-26-34(29)39(56)50(37(26)54)30-8-9-32(51)45-36(30)53/h3-7,16-18,22,25,30H,8-15,19-21H2,1-2H3,(H,42,52)(H,43,44,46)(H,45,51,53). The van der Waals surface area contributed by atoms with Crippen molar-refractivity contribution in [2.24, 2.45) is 13.0 Å². The maximum Gasteiger partial charge on any atom is 0.293 e. The van der Waals surface area contributed by atoms with Crippen LogP contribution in [-0.2, 0) is 26.2 Å². The van der Waals surface area contributed by atoms with Crippen LogP contribution in [0.25, 0.3) is 10.9 Å². The number of carbonyl (C=O) groups is 5. The average Bonchev–Trinajstić information content (AvgIpc) is 3.46. The van der Waals surface area contributed by atoms with Gasteiger partial charge < -0.3 is 34.5 Å². The summed E-state index contributed by atoms with van der Waals surface area (Å²) < 4.78 is 13.2. The average molecular weight is 812 g/mol. The number of fused-ring (bicyclic) bond motifs is 2. The number of benzene rings is 2. The minimum absolute atomic E-state index is 0.0123. The molecule has 4 aliphatic heterocycles. The molecule has 302 valence electrons. The van der Waals surface area contributed by atoms with Crippen LogP contribution in [0.4, 0.5) is 23.1 Å². The molecule has 2 aromatic heterocycles. The van der Waals surface area contributed by atoms with Gasteiger partial charge in [-0.05, 0) is 68.0 Å². The first-order chi connectivity index (χ1) is 28.0. The molecule has 4 aliphatic rings. The molecule has 0 bridgehead atoms. The topological polar surface area (TPSA) is 197 Å². The monoisotopic (exact) mass is 811 g/mol. The van der Waals surface area contributed by atoms with E-state index in [2.05, 4.69) is 25.8 Å². The number of aryl methyl sites for hydroxylation is 1. The van der Waals surface area contributed by atoms with E-state index in [4.69, 9.17) is 26.1 Å². The number of hydrogen-bond donors (Lipinski definition) is 3. The maximum absolute atomic E-state index is 13.5. The molecule has 58 heavy (non-hydrogen) atoms. The van der Waals surface area contributed by atoms with Crippen LogP contribution in [0.3, 0.4) is 0 Å². The zero-order chi connectivity index (χ0) is 40.7. The van der Waals surface area contributed by atoms with Gasteiger partial charge in [-0.2, -0.15) is 4.98 Å². The first-order valence-corrected chi connectivity index (χ1v) is 19.6. The molecule has 1 atom stereocenters. The van der Waals surface area contributed by atoms with Crippen LogP contribution in [-0.4, -0.2) is 108 Å². The summed E-state index contributed by atoms with van der Waals surface area (Å²) in [6.45, 7) is 3.02. The van der Waals surface area contributed by atoms with Gasteiger partial charge in [0, 0.05) is 64.4 Å². The molecule has 3 fully saturated rings. The number of rotatable bonds is 12. The number of nitrogens with zero attached hydrogens (tertiary/aromatic N) is 6. The SMILES string of the molecule is CNC(=O)COc1cc2cc(Nc3nc(N4CCC(CCOC5CN(c6cccc7c6C(=O)N(C6CCC(=O)NC6=O)C7=O)C5)CC4)ncc3Cl)ccc2n(C)c1=O. The number of nitrogens with one attached hydrogen (secondary N) is 3. The number of imide groups is 2. The third-order valence-corrected chi connectivity index (χ3v) is 11.5. The van der Waals surface area contributed by atoms with E-state index in [0.717, 1.165) is 42.6 Å². The minimum atomic E-state index is -1.01. The highest BCUT2D eigenvalue weighted by molar-refractivity contribution is 6.33. The number of likely N-dealkylation sites (N-methyl/N-ethyl adjacent to an activating group) is 1. The molecule has 8 rings (SSSR count). The molecule has 3 saturated heterocycles. The lowest BCUT2D eigenvalue weighted by atomic mass is 9.94. The second-order valence-corrected chi connectivity index (χ2v) is 15.3. The Hall–Kier alpha value is -6.07. The lowest BCUT2D eigenvalue weighted by Crippen LogP contribution is -2.54. The van der Waals surface area contributed by atoms with Crippen LogP contribution in [0.15, 0.2) is 53.5 Å². The number of halogens is 1. The lowest BCUT2D eigenvalue weighted by Gasteiger charge is -2.41. The fraction of sp³-hybridized carbons (Fsp3) is 0.400. The predicted molar refractivity (Wildman–Crippen MR) is 214 cm³/mol. The molecule has 2 aromatic carbocycles. The Morgan fingerprint density at radius 1 is 1.00 bits per heavy atom. The van der Waals surface area contributed by atoms with E-state index in [1.54, 1.807) is 31.4 Å². The van der Waals surface area contributed by atoms with Crippen molar-refractivity contribution in [3.8, 4) is 5.75 Å². The van der Waals surface area contributed by atoms with Gasteiger partial charge in [-0.1, -0.05) is 17.7 Å². The summed E-state index contributed by atoms with van der Waals surface area (Å²) >= 11 is 6.53. The highest BCUT2D eigenvalue weighted by Crippen LogP contribution is 2.37. The second kappa shape index (κ2) is 16.1.